The minimum Gasteiger partial charge on any atom is -0.314 e. The molecule has 1 fully saturated rings. The van der Waals surface area contributed by atoms with Crippen LogP contribution in [0.5, 0.6) is 0 Å². The van der Waals surface area contributed by atoms with Crippen LogP contribution in [0.2, 0.25) is 0 Å². The first-order valence-electron chi connectivity index (χ1n) is 6.22. The summed E-state index contributed by atoms with van der Waals surface area (Å²) in [5.41, 5.74) is 0. The molecule has 2 heteroatoms. The summed E-state index contributed by atoms with van der Waals surface area (Å²) in [5, 5.41) is 3.44. The molecule has 1 saturated heterocycles. The molecule has 0 aliphatic carbocycles. The Morgan fingerprint density at radius 3 is 2.86 bits per heavy atom. The van der Waals surface area contributed by atoms with Crippen LogP contribution in [0.4, 0.5) is 0 Å². The fraction of sp³-hybridized carbons (Fsp3) is 1.00. The van der Waals surface area contributed by atoms with Crippen molar-refractivity contribution in [3.05, 3.63) is 0 Å². The maximum atomic E-state index is 3.44. The Kier molecular flexibility index (Phi) is 5.49. The Bertz CT molecular complexity index is 147. The Morgan fingerprint density at radius 2 is 2.21 bits per heavy atom. The molecule has 0 aromatic carbocycles. The topological polar surface area (TPSA) is 15.3 Å². The number of unbranched alkanes of at least 4 members (excludes halogenated alkanes) is 2. The van der Waals surface area contributed by atoms with Gasteiger partial charge >= 0.3 is 0 Å². The lowest BCUT2D eigenvalue weighted by Crippen LogP contribution is -2.53. The van der Waals surface area contributed by atoms with Gasteiger partial charge in [0.25, 0.3) is 0 Å². The second kappa shape index (κ2) is 6.41. The quantitative estimate of drug-likeness (QED) is 0.682. The van der Waals surface area contributed by atoms with Crippen LogP contribution in [0.25, 0.3) is 0 Å². The number of hydrogen-bond donors (Lipinski definition) is 1. The predicted molar refractivity (Wildman–Crippen MR) is 62.6 cm³/mol. The molecular weight excluding hydrogens is 172 g/mol. The van der Waals surface area contributed by atoms with Crippen molar-refractivity contribution in [2.24, 2.45) is 0 Å². The average Bonchev–Trinajstić information content (AvgIpc) is 2.18. The zero-order chi connectivity index (χ0) is 10.4. The fourth-order valence-electron chi connectivity index (χ4n) is 2.37. The van der Waals surface area contributed by atoms with Gasteiger partial charge in [-0.25, -0.2) is 0 Å². The van der Waals surface area contributed by atoms with Crippen molar-refractivity contribution >= 4 is 0 Å². The maximum Gasteiger partial charge on any atom is 0.0195 e. The van der Waals surface area contributed by atoms with E-state index < -0.39 is 0 Å². The van der Waals surface area contributed by atoms with Crippen molar-refractivity contribution < 1.29 is 0 Å². The van der Waals surface area contributed by atoms with E-state index >= 15 is 0 Å². The monoisotopic (exact) mass is 198 g/mol. The molecule has 1 N–H and O–H groups in total. The summed E-state index contributed by atoms with van der Waals surface area (Å²) >= 11 is 0. The second-order valence-electron chi connectivity index (χ2n) is 4.64. The van der Waals surface area contributed by atoms with Crippen molar-refractivity contribution in [1.82, 2.24) is 10.2 Å². The molecule has 1 aliphatic rings. The molecule has 1 heterocycles. The second-order valence-corrected chi connectivity index (χ2v) is 4.64. The highest BCUT2D eigenvalue weighted by Gasteiger charge is 2.21. The lowest BCUT2D eigenvalue weighted by molar-refractivity contribution is 0.118. The van der Waals surface area contributed by atoms with Gasteiger partial charge in [0, 0.05) is 31.7 Å². The van der Waals surface area contributed by atoms with Crippen molar-refractivity contribution in [3.8, 4) is 0 Å². The first-order valence-corrected chi connectivity index (χ1v) is 6.22. The minimum absolute atomic E-state index is 0.723. The summed E-state index contributed by atoms with van der Waals surface area (Å²) in [6, 6.07) is 1.50. The van der Waals surface area contributed by atoms with E-state index in [1.807, 2.05) is 0 Å². The largest absolute Gasteiger partial charge is 0.314 e. The van der Waals surface area contributed by atoms with E-state index in [2.05, 4.69) is 31.0 Å². The first-order chi connectivity index (χ1) is 6.75. The Balaban J connectivity index is 2.23. The predicted octanol–water partition coefficient (Wildman–Crippen LogP) is 2.25. The van der Waals surface area contributed by atoms with E-state index in [0.29, 0.717) is 0 Å². The molecule has 1 aliphatic heterocycles. The molecule has 0 saturated carbocycles. The van der Waals surface area contributed by atoms with Crippen LogP contribution in [0.3, 0.4) is 0 Å². The molecule has 2 atom stereocenters. The van der Waals surface area contributed by atoms with E-state index in [1.165, 1.54) is 38.8 Å². The van der Waals surface area contributed by atoms with Gasteiger partial charge in [-0.1, -0.05) is 26.2 Å². The molecule has 2 nitrogen and oxygen atoms in total. The zero-order valence-electron chi connectivity index (χ0n) is 10.1. The molecule has 0 aromatic heterocycles. The third-order valence-electron chi connectivity index (χ3n) is 3.34. The van der Waals surface area contributed by atoms with Crippen LogP contribution in [0.15, 0.2) is 0 Å². The summed E-state index contributed by atoms with van der Waals surface area (Å²) in [6.07, 6.45) is 5.50. The number of piperazine rings is 1. The van der Waals surface area contributed by atoms with Crippen LogP contribution >= 0.6 is 0 Å². The average molecular weight is 198 g/mol. The number of nitrogens with one attached hydrogen (secondary N) is 1. The number of hydrogen-bond acceptors (Lipinski definition) is 2. The molecule has 0 amide bonds. The van der Waals surface area contributed by atoms with Crippen molar-refractivity contribution in [2.45, 2.75) is 58.5 Å². The van der Waals surface area contributed by atoms with E-state index in [0.717, 1.165) is 18.6 Å². The van der Waals surface area contributed by atoms with Crippen LogP contribution in [-0.2, 0) is 0 Å². The van der Waals surface area contributed by atoms with Crippen molar-refractivity contribution in [2.75, 3.05) is 19.6 Å². The summed E-state index contributed by atoms with van der Waals surface area (Å²) in [5.74, 6) is 0. The highest BCUT2D eigenvalue weighted by molar-refractivity contribution is 4.80. The zero-order valence-corrected chi connectivity index (χ0v) is 10.1. The van der Waals surface area contributed by atoms with Gasteiger partial charge < -0.3 is 5.32 Å². The Morgan fingerprint density at radius 1 is 1.43 bits per heavy atom. The number of rotatable bonds is 5. The third kappa shape index (κ3) is 3.58. The van der Waals surface area contributed by atoms with Crippen LogP contribution < -0.4 is 5.32 Å². The van der Waals surface area contributed by atoms with Gasteiger partial charge in [0.2, 0.25) is 0 Å². The molecule has 14 heavy (non-hydrogen) atoms. The van der Waals surface area contributed by atoms with Crippen molar-refractivity contribution in [1.29, 1.82) is 0 Å². The summed E-state index contributed by atoms with van der Waals surface area (Å²) in [7, 11) is 0. The molecule has 0 spiro atoms. The lowest BCUT2D eigenvalue weighted by atomic mass is 10.1. The van der Waals surface area contributed by atoms with E-state index in [-0.39, 0.29) is 0 Å². The van der Waals surface area contributed by atoms with E-state index in [1.54, 1.807) is 0 Å². The minimum atomic E-state index is 0.723. The van der Waals surface area contributed by atoms with Gasteiger partial charge in [0.1, 0.15) is 0 Å². The van der Waals surface area contributed by atoms with Gasteiger partial charge in [-0.2, -0.15) is 0 Å². The molecular formula is C12H26N2. The third-order valence-corrected chi connectivity index (χ3v) is 3.34. The molecule has 0 bridgehead atoms. The Labute approximate surface area is 89.1 Å². The first kappa shape index (κ1) is 12.0. The number of nitrogens with zero attached hydrogens (tertiary/aromatic N) is 1. The van der Waals surface area contributed by atoms with Crippen LogP contribution in [0.1, 0.15) is 46.5 Å². The molecule has 1 rings (SSSR count). The van der Waals surface area contributed by atoms with Gasteiger partial charge in [-0.15, -0.1) is 0 Å². The van der Waals surface area contributed by atoms with Crippen molar-refractivity contribution in [3.63, 3.8) is 0 Å². The van der Waals surface area contributed by atoms with Gasteiger partial charge in [-0.05, 0) is 20.3 Å². The van der Waals surface area contributed by atoms with Gasteiger partial charge in [0.15, 0.2) is 0 Å². The highest BCUT2D eigenvalue weighted by Crippen LogP contribution is 2.13. The lowest BCUT2D eigenvalue weighted by Gasteiger charge is -2.38. The fourth-order valence-corrected chi connectivity index (χ4v) is 2.37. The van der Waals surface area contributed by atoms with Gasteiger partial charge in [0.05, 0.1) is 0 Å². The highest BCUT2D eigenvalue weighted by atomic mass is 15.2. The summed E-state index contributed by atoms with van der Waals surface area (Å²) < 4.78 is 0. The Hall–Kier alpha value is -0.0800. The van der Waals surface area contributed by atoms with Crippen LogP contribution in [-0.4, -0.2) is 36.6 Å². The molecule has 0 radical (unpaired) electrons. The molecule has 2 unspecified atom stereocenters. The smallest absolute Gasteiger partial charge is 0.0195 e. The normalized spacial score (nSPS) is 26.4. The SMILES string of the molecule is CCCCCC(C)N1CCNCC1C. The molecule has 84 valence electrons. The standard InChI is InChI=1S/C12H26N2/c1-4-5-6-7-11(2)14-9-8-13-10-12(14)3/h11-13H,4-10H2,1-3H3. The summed E-state index contributed by atoms with van der Waals surface area (Å²) in [6.45, 7) is 10.6. The van der Waals surface area contributed by atoms with Crippen LogP contribution in [0, 0.1) is 0 Å². The molecule has 0 aromatic rings. The summed E-state index contributed by atoms with van der Waals surface area (Å²) in [4.78, 5) is 2.66. The van der Waals surface area contributed by atoms with Gasteiger partial charge in [-0.3, -0.25) is 4.90 Å². The maximum absolute atomic E-state index is 3.44. The van der Waals surface area contributed by atoms with E-state index in [4.69, 9.17) is 0 Å². The van der Waals surface area contributed by atoms with E-state index in [9.17, 15) is 0 Å².